The number of anilines is 4. The van der Waals surface area contributed by atoms with Gasteiger partial charge in [0.15, 0.2) is 0 Å². The van der Waals surface area contributed by atoms with Crippen molar-refractivity contribution >= 4 is 33.2 Å². The molecular weight excluding hydrogens is 476 g/mol. The molecule has 0 atom stereocenters. The number of rotatable bonds is 10. The van der Waals surface area contributed by atoms with Gasteiger partial charge in [-0.3, -0.25) is 4.98 Å². The van der Waals surface area contributed by atoms with E-state index in [1.165, 1.54) is 0 Å². The zero-order valence-electron chi connectivity index (χ0n) is 19.7. The van der Waals surface area contributed by atoms with Gasteiger partial charge in [-0.15, -0.1) is 0 Å². The Morgan fingerprint density at radius 1 is 0.944 bits per heavy atom. The molecule has 0 spiro atoms. The Morgan fingerprint density at radius 2 is 1.67 bits per heavy atom. The van der Waals surface area contributed by atoms with Crippen LogP contribution >= 0.6 is 0 Å². The molecule has 2 aromatic heterocycles. The van der Waals surface area contributed by atoms with Gasteiger partial charge in [-0.1, -0.05) is 6.07 Å². The molecular formula is C26H26N6O3S. The molecule has 0 unspecified atom stereocenters. The Hall–Kier alpha value is -4.02. The van der Waals surface area contributed by atoms with Gasteiger partial charge < -0.3 is 15.4 Å². The number of ether oxygens (including phenoxy) is 1. The molecule has 5 rings (SSSR count). The lowest BCUT2D eigenvalue weighted by Gasteiger charge is -2.11. The van der Waals surface area contributed by atoms with E-state index in [0.717, 1.165) is 35.5 Å². The fourth-order valence-corrected chi connectivity index (χ4v) is 4.76. The van der Waals surface area contributed by atoms with Crippen molar-refractivity contribution in [3.05, 3.63) is 90.4 Å². The second kappa shape index (κ2) is 10.3. The molecule has 2 heterocycles. The molecule has 184 valence electrons. The summed E-state index contributed by atoms with van der Waals surface area (Å²) >= 11 is 0. The molecule has 1 saturated carbocycles. The molecule has 1 aliphatic rings. The predicted octanol–water partition coefficient (Wildman–Crippen LogP) is 4.69. The molecule has 0 aliphatic heterocycles. The van der Waals surface area contributed by atoms with Crippen molar-refractivity contribution in [2.24, 2.45) is 0 Å². The van der Waals surface area contributed by atoms with Crippen LogP contribution in [0.15, 0.2) is 84.0 Å². The molecule has 3 N–H and O–H groups in total. The summed E-state index contributed by atoms with van der Waals surface area (Å²) in [6.45, 7) is 2.33. The van der Waals surface area contributed by atoms with Gasteiger partial charge in [-0.25, -0.2) is 18.1 Å². The number of aromatic nitrogens is 3. The number of nitrogens with zero attached hydrogens (tertiary/aromatic N) is 3. The normalized spacial score (nSPS) is 13.2. The van der Waals surface area contributed by atoms with Crippen LogP contribution in [-0.4, -0.2) is 29.4 Å². The zero-order chi connectivity index (χ0) is 25.0. The molecule has 0 radical (unpaired) electrons. The van der Waals surface area contributed by atoms with Crippen molar-refractivity contribution in [3.8, 4) is 5.75 Å². The summed E-state index contributed by atoms with van der Waals surface area (Å²) in [4.78, 5) is 13.3. The van der Waals surface area contributed by atoms with Crippen molar-refractivity contribution in [1.82, 2.24) is 19.7 Å². The van der Waals surface area contributed by atoms with E-state index in [9.17, 15) is 8.42 Å². The van der Waals surface area contributed by atoms with Gasteiger partial charge in [0.1, 0.15) is 18.2 Å². The second-order valence-electron chi connectivity index (χ2n) is 8.56. The average Bonchev–Trinajstić information content (AvgIpc) is 3.68. The Morgan fingerprint density at radius 3 is 2.36 bits per heavy atom. The van der Waals surface area contributed by atoms with E-state index in [-0.39, 0.29) is 10.9 Å². The van der Waals surface area contributed by atoms with Crippen LogP contribution in [0.1, 0.15) is 24.1 Å². The van der Waals surface area contributed by atoms with Gasteiger partial charge in [0.25, 0.3) is 0 Å². The molecule has 1 fully saturated rings. The smallest absolute Gasteiger partial charge is 0.240 e. The summed E-state index contributed by atoms with van der Waals surface area (Å²) in [6.07, 6.45) is 5.30. The summed E-state index contributed by atoms with van der Waals surface area (Å²) in [5, 5.41) is 6.42. The van der Waals surface area contributed by atoms with Crippen molar-refractivity contribution in [2.75, 3.05) is 10.6 Å². The summed E-state index contributed by atoms with van der Waals surface area (Å²) in [6, 6.07) is 19.9. The molecule has 10 heteroatoms. The molecule has 0 bridgehead atoms. The van der Waals surface area contributed by atoms with Crippen molar-refractivity contribution < 1.29 is 13.2 Å². The summed E-state index contributed by atoms with van der Waals surface area (Å²) < 4.78 is 33.2. The molecule has 9 nitrogen and oxygen atoms in total. The fraction of sp³-hybridized carbons (Fsp3) is 0.192. The first-order chi connectivity index (χ1) is 17.4. The number of aryl methyl sites for hydroxylation is 1. The molecule has 0 amide bonds. The lowest BCUT2D eigenvalue weighted by Crippen LogP contribution is -2.25. The minimum absolute atomic E-state index is 0.0648. The van der Waals surface area contributed by atoms with Crippen LogP contribution in [0.2, 0.25) is 0 Å². The molecule has 1 aliphatic carbocycles. The topological polar surface area (TPSA) is 118 Å². The Labute approximate surface area is 210 Å². The maximum atomic E-state index is 12.4. The third-order valence-electron chi connectivity index (χ3n) is 5.43. The van der Waals surface area contributed by atoms with Crippen molar-refractivity contribution in [3.63, 3.8) is 0 Å². The van der Waals surface area contributed by atoms with E-state index in [2.05, 4.69) is 30.3 Å². The van der Waals surface area contributed by atoms with Crippen LogP contribution in [0.25, 0.3) is 0 Å². The largest absolute Gasteiger partial charge is 0.489 e. The lowest BCUT2D eigenvalue weighted by molar-refractivity contribution is 0.306. The first-order valence-electron chi connectivity index (χ1n) is 11.6. The van der Waals surface area contributed by atoms with Crippen molar-refractivity contribution in [2.45, 2.75) is 37.3 Å². The second-order valence-corrected chi connectivity index (χ2v) is 10.3. The average molecular weight is 503 g/mol. The lowest BCUT2D eigenvalue weighted by atomic mass is 10.3. The Kier molecular flexibility index (Phi) is 6.79. The number of pyridine rings is 1. The Balaban J connectivity index is 1.21. The van der Waals surface area contributed by atoms with Crippen molar-refractivity contribution in [1.29, 1.82) is 0 Å². The van der Waals surface area contributed by atoms with Crippen LogP contribution in [0.5, 0.6) is 5.75 Å². The van der Waals surface area contributed by atoms with Gasteiger partial charge in [-0.05, 0) is 74.4 Å². The summed E-state index contributed by atoms with van der Waals surface area (Å²) in [5.41, 5.74) is 3.32. The number of sulfonamides is 1. The van der Waals surface area contributed by atoms with Gasteiger partial charge >= 0.3 is 0 Å². The molecule has 2 aromatic carbocycles. The zero-order valence-corrected chi connectivity index (χ0v) is 20.5. The van der Waals surface area contributed by atoms with Gasteiger partial charge in [0.05, 0.1) is 4.90 Å². The van der Waals surface area contributed by atoms with Crippen LogP contribution in [0.3, 0.4) is 0 Å². The maximum Gasteiger partial charge on any atom is 0.240 e. The highest BCUT2D eigenvalue weighted by Gasteiger charge is 2.27. The first-order valence-corrected chi connectivity index (χ1v) is 13.1. The highest BCUT2D eigenvalue weighted by molar-refractivity contribution is 7.89. The quantitative estimate of drug-likeness (QED) is 0.286. The molecule has 36 heavy (non-hydrogen) atoms. The first kappa shape index (κ1) is 23.7. The fourth-order valence-electron chi connectivity index (χ4n) is 3.46. The van der Waals surface area contributed by atoms with Gasteiger partial charge in [0, 0.05) is 47.1 Å². The summed E-state index contributed by atoms with van der Waals surface area (Å²) in [7, 11) is -3.49. The number of nitrogens with one attached hydrogen (secondary N) is 3. The minimum atomic E-state index is -3.49. The molecule has 4 aromatic rings. The van der Waals surface area contributed by atoms with E-state index >= 15 is 0 Å². The third kappa shape index (κ3) is 6.35. The highest BCUT2D eigenvalue weighted by Crippen LogP contribution is 2.24. The Bertz CT molecular complexity index is 1430. The SMILES string of the molecule is Cc1cc(Nc2ccc(OCc3cccnc3)cc2)nc(Nc2ccc(S(=O)(=O)NC3CC3)cc2)n1. The van der Waals surface area contributed by atoms with Crippen LogP contribution < -0.4 is 20.1 Å². The van der Waals surface area contributed by atoms with Gasteiger partial charge in [0.2, 0.25) is 16.0 Å². The number of hydrogen-bond donors (Lipinski definition) is 3. The van der Waals surface area contributed by atoms with E-state index in [1.807, 2.05) is 49.4 Å². The van der Waals surface area contributed by atoms with Gasteiger partial charge in [-0.2, -0.15) is 4.98 Å². The van der Waals surface area contributed by atoms with Crippen LogP contribution in [0.4, 0.5) is 23.1 Å². The summed E-state index contributed by atoms with van der Waals surface area (Å²) in [5.74, 6) is 1.78. The van der Waals surface area contributed by atoms with E-state index in [0.29, 0.717) is 24.1 Å². The van der Waals surface area contributed by atoms with E-state index in [4.69, 9.17) is 4.74 Å². The standard InChI is InChI=1S/C26H26N6O3S/c1-18-15-25(29-20-6-10-23(11-7-20)35-17-19-3-2-14-27-16-19)31-26(28-18)30-21-8-12-24(13-9-21)36(33,34)32-22-4-5-22/h2-3,6-16,22,32H,4-5,17H2,1H3,(H2,28,29,30,31). The molecule has 0 saturated heterocycles. The maximum absolute atomic E-state index is 12.4. The highest BCUT2D eigenvalue weighted by atomic mass is 32.2. The van der Waals surface area contributed by atoms with Crippen LogP contribution in [-0.2, 0) is 16.6 Å². The van der Waals surface area contributed by atoms with E-state index in [1.54, 1.807) is 36.7 Å². The third-order valence-corrected chi connectivity index (χ3v) is 6.97. The number of hydrogen-bond acceptors (Lipinski definition) is 8. The minimum Gasteiger partial charge on any atom is -0.489 e. The monoisotopic (exact) mass is 502 g/mol. The van der Waals surface area contributed by atoms with E-state index < -0.39 is 10.0 Å². The predicted molar refractivity (Wildman–Crippen MR) is 138 cm³/mol. The van der Waals surface area contributed by atoms with Crippen LogP contribution in [0, 0.1) is 6.92 Å². The number of benzene rings is 2.